The number of hydrogen-bond acceptors (Lipinski definition) is 4. The minimum atomic E-state index is -3.37. The molecule has 21 heavy (non-hydrogen) atoms. The maximum absolute atomic E-state index is 12.5. The van der Waals surface area contributed by atoms with Gasteiger partial charge in [0.2, 0.25) is 10.0 Å². The normalized spacial score (nSPS) is 26.3. The fraction of sp³-hybridized carbons (Fsp3) is 0.733. The van der Waals surface area contributed by atoms with Crippen molar-refractivity contribution in [2.24, 2.45) is 11.8 Å². The van der Waals surface area contributed by atoms with Crippen molar-refractivity contribution in [3.8, 4) is 0 Å². The smallest absolute Gasteiger partial charge is 0.250 e. The molecule has 3 atom stereocenters. The summed E-state index contributed by atoms with van der Waals surface area (Å²) in [5, 5.41) is 3.22. The van der Waals surface area contributed by atoms with E-state index in [2.05, 4.69) is 23.9 Å². The van der Waals surface area contributed by atoms with Gasteiger partial charge in [0.05, 0.1) is 0 Å². The summed E-state index contributed by atoms with van der Waals surface area (Å²) in [4.78, 5) is 1.06. The van der Waals surface area contributed by atoms with Crippen LogP contribution in [-0.2, 0) is 16.6 Å². The van der Waals surface area contributed by atoms with Crippen molar-refractivity contribution in [1.29, 1.82) is 0 Å². The summed E-state index contributed by atoms with van der Waals surface area (Å²) in [6.45, 7) is 8.01. The van der Waals surface area contributed by atoms with Crippen molar-refractivity contribution in [2.75, 3.05) is 6.54 Å². The van der Waals surface area contributed by atoms with Gasteiger partial charge >= 0.3 is 0 Å². The molecule has 4 nitrogen and oxygen atoms in total. The third-order valence-corrected chi connectivity index (χ3v) is 7.58. The number of thiophene rings is 1. The van der Waals surface area contributed by atoms with Crippen molar-refractivity contribution in [2.45, 2.75) is 56.8 Å². The first-order valence-electron chi connectivity index (χ1n) is 7.79. The zero-order chi connectivity index (χ0) is 15.5. The second-order valence-electron chi connectivity index (χ2n) is 5.83. The molecule has 1 aliphatic rings. The molecule has 0 spiro atoms. The van der Waals surface area contributed by atoms with Crippen molar-refractivity contribution in [3.63, 3.8) is 0 Å². The quantitative estimate of drug-likeness (QED) is 0.808. The Hall–Kier alpha value is -0.430. The predicted molar refractivity (Wildman–Crippen MR) is 88.0 cm³/mol. The van der Waals surface area contributed by atoms with E-state index in [9.17, 15) is 8.42 Å². The molecule has 1 saturated carbocycles. The third-order valence-electron chi connectivity index (χ3n) is 4.51. The molecule has 2 N–H and O–H groups in total. The summed E-state index contributed by atoms with van der Waals surface area (Å²) in [7, 11) is -3.37. The molecule has 0 radical (unpaired) electrons. The molecule has 6 heteroatoms. The van der Waals surface area contributed by atoms with Gasteiger partial charge in [0.1, 0.15) is 4.21 Å². The first kappa shape index (κ1) is 16.9. The van der Waals surface area contributed by atoms with E-state index in [1.807, 2.05) is 13.0 Å². The van der Waals surface area contributed by atoms with Crippen LogP contribution in [0.4, 0.5) is 0 Å². The van der Waals surface area contributed by atoms with Crippen LogP contribution in [0, 0.1) is 11.8 Å². The fourth-order valence-electron chi connectivity index (χ4n) is 3.09. The molecule has 1 heterocycles. The van der Waals surface area contributed by atoms with Gasteiger partial charge in [-0.1, -0.05) is 27.2 Å². The molecule has 1 aromatic heterocycles. The van der Waals surface area contributed by atoms with E-state index in [1.54, 1.807) is 6.07 Å². The topological polar surface area (TPSA) is 58.2 Å². The van der Waals surface area contributed by atoms with Gasteiger partial charge < -0.3 is 5.32 Å². The first-order valence-corrected chi connectivity index (χ1v) is 10.1. The van der Waals surface area contributed by atoms with E-state index in [0.29, 0.717) is 16.0 Å². The van der Waals surface area contributed by atoms with Crippen molar-refractivity contribution in [3.05, 3.63) is 17.0 Å². The Labute approximate surface area is 132 Å². The molecule has 2 rings (SSSR count). The number of sulfonamides is 1. The molecule has 120 valence electrons. The van der Waals surface area contributed by atoms with Crippen LogP contribution in [-0.4, -0.2) is 21.0 Å². The molecule has 0 bridgehead atoms. The molecular formula is C15H26N2O2S2. The fourth-order valence-corrected chi connectivity index (χ4v) is 5.80. The average Bonchev–Trinajstić information content (AvgIpc) is 3.05. The highest BCUT2D eigenvalue weighted by molar-refractivity contribution is 7.91. The number of nitrogens with one attached hydrogen (secondary N) is 2. The van der Waals surface area contributed by atoms with Gasteiger partial charge in [-0.25, -0.2) is 13.1 Å². The largest absolute Gasteiger partial charge is 0.312 e. The lowest BCUT2D eigenvalue weighted by atomic mass is 9.94. The highest BCUT2D eigenvalue weighted by Gasteiger charge is 2.34. The Morgan fingerprint density at radius 3 is 2.67 bits per heavy atom. The molecular weight excluding hydrogens is 304 g/mol. The van der Waals surface area contributed by atoms with Gasteiger partial charge in [0, 0.05) is 17.5 Å². The van der Waals surface area contributed by atoms with E-state index in [4.69, 9.17) is 0 Å². The number of hydrogen-bond donors (Lipinski definition) is 2. The maximum Gasteiger partial charge on any atom is 0.250 e. The number of rotatable bonds is 7. The molecule has 0 saturated heterocycles. The standard InChI is InChI=1S/C15H26N2O2S2/c1-4-12-6-8-14(11(12)3)17-21(18,19)15-9-7-13(20-15)10-16-5-2/h7,9,11-12,14,16-17H,4-6,8,10H2,1-3H3. The van der Waals surface area contributed by atoms with Gasteiger partial charge in [-0.15, -0.1) is 11.3 Å². The van der Waals surface area contributed by atoms with Crippen LogP contribution in [0.25, 0.3) is 0 Å². The zero-order valence-corrected chi connectivity index (χ0v) is 14.7. The monoisotopic (exact) mass is 330 g/mol. The average molecular weight is 331 g/mol. The molecule has 3 unspecified atom stereocenters. The Bertz CT molecular complexity index is 554. The summed E-state index contributed by atoms with van der Waals surface area (Å²) < 4.78 is 28.3. The Balaban J connectivity index is 2.03. The van der Waals surface area contributed by atoms with Gasteiger partial charge in [0.15, 0.2) is 0 Å². The predicted octanol–water partition coefficient (Wildman–Crippen LogP) is 2.96. The molecule has 0 aliphatic heterocycles. The summed E-state index contributed by atoms with van der Waals surface area (Å²) in [6.07, 6.45) is 3.21. The summed E-state index contributed by atoms with van der Waals surface area (Å²) in [5.74, 6) is 1.07. The van der Waals surface area contributed by atoms with Crippen LogP contribution in [0.15, 0.2) is 16.3 Å². The second kappa shape index (κ2) is 7.22. The maximum atomic E-state index is 12.5. The molecule has 1 aromatic rings. The summed E-state index contributed by atoms with van der Waals surface area (Å²) >= 11 is 1.36. The highest BCUT2D eigenvalue weighted by atomic mass is 32.2. The lowest BCUT2D eigenvalue weighted by Gasteiger charge is -2.20. The van der Waals surface area contributed by atoms with Crippen molar-refractivity contribution >= 4 is 21.4 Å². The third kappa shape index (κ3) is 4.06. The molecule has 0 amide bonds. The zero-order valence-electron chi connectivity index (χ0n) is 13.1. The van der Waals surface area contributed by atoms with Crippen LogP contribution in [0.2, 0.25) is 0 Å². The second-order valence-corrected chi connectivity index (χ2v) is 8.94. The molecule has 0 aromatic carbocycles. The first-order chi connectivity index (χ1) is 9.97. The Kier molecular flexibility index (Phi) is 5.82. The van der Waals surface area contributed by atoms with Crippen LogP contribution in [0.3, 0.4) is 0 Å². The van der Waals surface area contributed by atoms with Gasteiger partial charge in [-0.2, -0.15) is 0 Å². The van der Waals surface area contributed by atoms with E-state index in [-0.39, 0.29) is 6.04 Å². The van der Waals surface area contributed by atoms with Crippen LogP contribution in [0.5, 0.6) is 0 Å². The van der Waals surface area contributed by atoms with Gasteiger partial charge in [0.25, 0.3) is 0 Å². The SMILES string of the molecule is CCNCc1ccc(S(=O)(=O)NC2CCC(CC)C2C)s1. The lowest BCUT2D eigenvalue weighted by molar-refractivity contribution is 0.369. The van der Waals surface area contributed by atoms with Gasteiger partial charge in [-0.3, -0.25) is 0 Å². The lowest BCUT2D eigenvalue weighted by Crippen LogP contribution is -2.37. The summed E-state index contributed by atoms with van der Waals surface area (Å²) in [5.41, 5.74) is 0. The Morgan fingerprint density at radius 2 is 2.05 bits per heavy atom. The summed E-state index contributed by atoms with van der Waals surface area (Å²) in [6, 6.07) is 3.70. The van der Waals surface area contributed by atoms with Gasteiger partial charge in [-0.05, 0) is 43.4 Å². The minimum absolute atomic E-state index is 0.0827. The molecule has 1 fully saturated rings. The van der Waals surface area contributed by atoms with Crippen LogP contribution >= 0.6 is 11.3 Å². The van der Waals surface area contributed by atoms with Crippen LogP contribution in [0.1, 0.15) is 44.9 Å². The van der Waals surface area contributed by atoms with Crippen LogP contribution < -0.4 is 10.0 Å². The minimum Gasteiger partial charge on any atom is -0.312 e. The van der Waals surface area contributed by atoms with E-state index in [1.165, 1.54) is 11.3 Å². The van der Waals surface area contributed by atoms with Crippen molar-refractivity contribution < 1.29 is 8.42 Å². The van der Waals surface area contributed by atoms with E-state index >= 15 is 0 Å². The Morgan fingerprint density at radius 1 is 1.29 bits per heavy atom. The molecule has 1 aliphatic carbocycles. The highest BCUT2D eigenvalue weighted by Crippen LogP contribution is 2.35. The van der Waals surface area contributed by atoms with E-state index < -0.39 is 10.0 Å². The van der Waals surface area contributed by atoms with Crippen molar-refractivity contribution in [1.82, 2.24) is 10.0 Å². The van der Waals surface area contributed by atoms with E-state index in [0.717, 1.165) is 37.2 Å².